The molecule has 0 fully saturated rings. The predicted molar refractivity (Wildman–Crippen MR) is 453 cm³/mol. The van der Waals surface area contributed by atoms with Crippen molar-refractivity contribution in [1.82, 2.24) is 0 Å². The second kappa shape index (κ2) is 28.0. The molecule has 19 rings (SSSR count). The largest absolute Gasteiger partial charge is 0.399 e. The Morgan fingerprint density at radius 1 is 0.298 bits per heavy atom. The molecule has 0 aliphatic heterocycles. The smallest absolute Gasteiger partial charge is 0.0476 e. The first kappa shape index (κ1) is 68.8. The molecule has 0 bridgehead atoms. The lowest BCUT2D eigenvalue weighted by Gasteiger charge is -2.28. The fourth-order valence-corrected chi connectivity index (χ4v) is 17.3. The Kier molecular flexibility index (Phi) is 18.5. The van der Waals surface area contributed by atoms with E-state index in [0.29, 0.717) is 0 Å². The van der Waals surface area contributed by atoms with Gasteiger partial charge in [-0.05, 0) is 229 Å². The molecule has 0 saturated carbocycles. The molecule has 0 atom stereocenters. The lowest BCUT2D eigenvalue weighted by Crippen LogP contribution is -2.17. The molecular formula is C98H80BrCl2N3. The molecule has 16 aromatic rings. The van der Waals surface area contributed by atoms with Crippen molar-refractivity contribution in [3.8, 4) is 55.6 Å². The van der Waals surface area contributed by atoms with Crippen LogP contribution in [-0.4, -0.2) is 0 Å². The van der Waals surface area contributed by atoms with E-state index in [-0.39, 0.29) is 23.7 Å². The van der Waals surface area contributed by atoms with E-state index in [1.54, 1.807) is 0 Å². The van der Waals surface area contributed by atoms with Crippen molar-refractivity contribution in [2.75, 3.05) is 16.0 Å². The van der Waals surface area contributed by atoms with Crippen molar-refractivity contribution in [3.63, 3.8) is 0 Å². The number of anilines is 6. The number of hydrogen-bond donors (Lipinski definition) is 2. The van der Waals surface area contributed by atoms with E-state index in [9.17, 15) is 0 Å². The topological polar surface area (TPSA) is 41.3 Å². The molecule has 0 radical (unpaired) electrons. The normalized spacial score (nSPS) is 13.2. The number of halogens is 3. The van der Waals surface area contributed by atoms with E-state index in [4.69, 9.17) is 28.9 Å². The molecule has 508 valence electrons. The van der Waals surface area contributed by atoms with E-state index < -0.39 is 0 Å². The van der Waals surface area contributed by atoms with E-state index >= 15 is 0 Å². The van der Waals surface area contributed by atoms with Gasteiger partial charge in [-0.3, -0.25) is 0 Å². The van der Waals surface area contributed by atoms with Crippen molar-refractivity contribution < 1.29 is 0 Å². The van der Waals surface area contributed by atoms with E-state index in [0.717, 1.165) is 48.6 Å². The average molecular weight is 1450 g/mol. The van der Waals surface area contributed by atoms with Crippen LogP contribution >= 0.6 is 39.1 Å². The minimum Gasteiger partial charge on any atom is -0.399 e. The van der Waals surface area contributed by atoms with E-state index in [1.165, 1.54) is 132 Å². The highest BCUT2D eigenvalue weighted by molar-refractivity contribution is 9.10. The lowest BCUT2D eigenvalue weighted by molar-refractivity contribution is 0.660. The first-order valence-electron chi connectivity index (χ1n) is 35.2. The van der Waals surface area contributed by atoms with Crippen LogP contribution in [0.5, 0.6) is 0 Å². The standard InChI is InChI=1S/C41H30ClN.C35H27N.C15H15N.C6H4BrCl.CH4/c1-41(2)38-26-32(23-24-37(38)39-35-17-8-6-15-33(35)34-16-7-9-18-36(34)40(39)41)43(31-14-10-13-29(42)25-31)30-21-19-28(20-22-30)27-11-4-3-5-12-27;1-35(2)32-22-26(36-25-18-16-24(17-19-25)23-10-4-3-5-11-23)20-21-31(32)33-29-14-8-6-12-27(29)28-13-7-9-15-30(28)34(33)35;1-15(2)13-6-4-3-5-11(13)12-8-7-10(16)9-14(12)15;7-5-2-1-3-6(8)4-5;/h3-26H,1-2H3;3-22,36H,1-2H3;3-9H,16H2,1-2H3;1-4H;1H4. The molecule has 0 saturated heterocycles. The van der Waals surface area contributed by atoms with Crippen molar-refractivity contribution in [3.05, 3.63) is 382 Å². The van der Waals surface area contributed by atoms with Gasteiger partial charge in [-0.1, -0.05) is 325 Å². The Bertz CT molecular complexity index is 5900. The average Bonchev–Trinajstić information content (AvgIpc) is 1.54. The first-order valence-corrected chi connectivity index (χ1v) is 36.8. The third-order valence-corrected chi connectivity index (χ3v) is 22.2. The second-order valence-corrected chi connectivity index (χ2v) is 30.4. The molecule has 16 aromatic carbocycles. The number of benzene rings is 16. The van der Waals surface area contributed by atoms with Gasteiger partial charge in [0.2, 0.25) is 0 Å². The van der Waals surface area contributed by atoms with Crippen LogP contribution in [0.4, 0.5) is 34.1 Å². The molecule has 6 heteroatoms. The molecule has 0 heterocycles. The van der Waals surface area contributed by atoms with Crippen LogP contribution in [0, 0.1) is 0 Å². The summed E-state index contributed by atoms with van der Waals surface area (Å²) in [7, 11) is 0. The van der Waals surface area contributed by atoms with Crippen LogP contribution in [0.2, 0.25) is 10.0 Å². The highest BCUT2D eigenvalue weighted by Gasteiger charge is 2.41. The number of fused-ring (bicyclic) bond motifs is 19. The van der Waals surface area contributed by atoms with Gasteiger partial charge < -0.3 is 16.0 Å². The molecule has 0 amide bonds. The van der Waals surface area contributed by atoms with Crippen LogP contribution in [0.3, 0.4) is 0 Å². The summed E-state index contributed by atoms with van der Waals surface area (Å²) in [6, 6.07) is 118. The zero-order valence-electron chi connectivity index (χ0n) is 58.4. The summed E-state index contributed by atoms with van der Waals surface area (Å²) in [5.74, 6) is 0. The summed E-state index contributed by atoms with van der Waals surface area (Å²) in [4.78, 5) is 2.32. The fourth-order valence-electron chi connectivity index (χ4n) is 16.4. The Balaban J connectivity index is 0.000000127. The van der Waals surface area contributed by atoms with Crippen LogP contribution in [0.25, 0.3) is 98.7 Å². The van der Waals surface area contributed by atoms with Gasteiger partial charge in [0.1, 0.15) is 0 Å². The van der Waals surface area contributed by atoms with Crippen LogP contribution < -0.4 is 16.0 Å². The zero-order valence-corrected chi connectivity index (χ0v) is 61.5. The number of nitrogen functional groups attached to an aromatic ring is 1. The van der Waals surface area contributed by atoms with Crippen molar-refractivity contribution >= 4 is 116 Å². The molecular weight excluding hydrogens is 1370 g/mol. The summed E-state index contributed by atoms with van der Waals surface area (Å²) in [5, 5.41) is 15.8. The lowest BCUT2D eigenvalue weighted by atomic mass is 9.79. The maximum absolute atomic E-state index is 6.55. The minimum absolute atomic E-state index is 0. The quantitative estimate of drug-likeness (QED) is 0.123. The second-order valence-electron chi connectivity index (χ2n) is 28.6. The van der Waals surface area contributed by atoms with Gasteiger partial charge >= 0.3 is 0 Å². The number of nitrogens with two attached hydrogens (primary N) is 1. The molecule has 0 spiro atoms. The Labute approximate surface area is 630 Å². The van der Waals surface area contributed by atoms with Gasteiger partial charge in [-0.25, -0.2) is 0 Å². The molecule has 0 aromatic heterocycles. The third kappa shape index (κ3) is 12.5. The van der Waals surface area contributed by atoms with Crippen LogP contribution in [-0.2, 0) is 16.2 Å². The van der Waals surface area contributed by atoms with Crippen LogP contribution in [0.1, 0.15) is 82.3 Å². The summed E-state index contributed by atoms with van der Waals surface area (Å²) in [6.07, 6.45) is 0. The third-order valence-electron chi connectivity index (χ3n) is 21.3. The van der Waals surface area contributed by atoms with E-state index in [2.05, 4.69) is 353 Å². The predicted octanol–water partition coefficient (Wildman–Crippen LogP) is 29.1. The van der Waals surface area contributed by atoms with Gasteiger partial charge in [0.25, 0.3) is 0 Å². The zero-order chi connectivity index (χ0) is 70.7. The van der Waals surface area contributed by atoms with Gasteiger partial charge in [0.05, 0.1) is 0 Å². The molecule has 3 aliphatic rings. The molecule has 3 N–H and O–H groups in total. The van der Waals surface area contributed by atoms with Crippen molar-refractivity contribution in [2.45, 2.75) is 65.2 Å². The Morgan fingerprint density at radius 2 is 0.692 bits per heavy atom. The maximum atomic E-state index is 6.55. The minimum atomic E-state index is -0.179. The number of rotatable bonds is 7. The van der Waals surface area contributed by atoms with Crippen LogP contribution in [0.15, 0.2) is 338 Å². The van der Waals surface area contributed by atoms with Crippen molar-refractivity contribution in [2.24, 2.45) is 0 Å². The highest BCUT2D eigenvalue weighted by Crippen LogP contribution is 2.58. The van der Waals surface area contributed by atoms with E-state index in [1.807, 2.05) is 48.5 Å². The van der Waals surface area contributed by atoms with Gasteiger partial charge in [0, 0.05) is 64.9 Å². The Morgan fingerprint density at radius 3 is 1.22 bits per heavy atom. The highest BCUT2D eigenvalue weighted by atomic mass is 79.9. The number of nitrogens with one attached hydrogen (secondary N) is 1. The Hall–Kier alpha value is -11.0. The maximum Gasteiger partial charge on any atom is 0.0476 e. The summed E-state index contributed by atoms with van der Waals surface area (Å²) < 4.78 is 1.02. The van der Waals surface area contributed by atoms with Gasteiger partial charge in [-0.15, -0.1) is 0 Å². The fraction of sp³-hybridized carbons (Fsp3) is 0.102. The molecule has 0 unspecified atom stereocenters. The number of nitrogens with zero attached hydrogens (tertiary/aromatic N) is 1. The van der Waals surface area contributed by atoms with Gasteiger partial charge in [-0.2, -0.15) is 0 Å². The summed E-state index contributed by atoms with van der Waals surface area (Å²) in [5.41, 5.74) is 33.3. The summed E-state index contributed by atoms with van der Waals surface area (Å²) >= 11 is 15.4. The van der Waals surface area contributed by atoms with Gasteiger partial charge in [0.15, 0.2) is 0 Å². The SMILES string of the molecule is C.CC1(C)c2cc(N(c3ccc(-c4ccccc4)cc3)c3cccc(Cl)c3)ccc2-c2c1c1ccccc1c1ccccc21.CC1(C)c2cc(Nc3ccc(-c4ccccc4)cc3)ccc2-c2c1c1ccccc1c1ccccc21.CC1(C)c2ccccc2-c2ccc(N)cc21.Clc1cccc(Br)c1. The monoisotopic (exact) mass is 1450 g/mol. The molecule has 3 aliphatic carbocycles. The first-order chi connectivity index (χ1) is 50.0. The molecule has 104 heavy (non-hydrogen) atoms. The number of hydrogen-bond acceptors (Lipinski definition) is 3. The van der Waals surface area contributed by atoms with Crippen molar-refractivity contribution in [1.29, 1.82) is 0 Å². The molecule has 3 nitrogen and oxygen atoms in total. The summed E-state index contributed by atoms with van der Waals surface area (Å²) in [6.45, 7) is 14.0.